The number of anilines is 3. The van der Waals surface area contributed by atoms with Gasteiger partial charge in [0.1, 0.15) is 5.82 Å². The lowest BCUT2D eigenvalue weighted by molar-refractivity contribution is 0.704. The number of aromatic nitrogens is 2. The van der Waals surface area contributed by atoms with E-state index in [2.05, 4.69) is 79.2 Å². The van der Waals surface area contributed by atoms with Crippen LogP contribution in [0, 0.1) is 13.8 Å². The molecule has 3 aromatic rings. The number of benzene rings is 2. The third-order valence-electron chi connectivity index (χ3n) is 5.23. The van der Waals surface area contributed by atoms with Gasteiger partial charge in [0, 0.05) is 37.1 Å². The molecule has 5 heteroatoms. The Kier molecular flexibility index (Phi) is 5.66. The van der Waals surface area contributed by atoms with Gasteiger partial charge in [0.2, 0.25) is 5.95 Å². The molecule has 2 heterocycles. The zero-order valence-corrected chi connectivity index (χ0v) is 16.8. The van der Waals surface area contributed by atoms with Crippen LogP contribution < -0.4 is 9.80 Å². The smallest absolute Gasteiger partial charge is 0.227 e. The van der Waals surface area contributed by atoms with E-state index >= 15 is 0 Å². The summed E-state index contributed by atoms with van der Waals surface area (Å²) in [7, 11) is 2.07. The molecule has 4 rings (SSSR count). The number of nitrogens with zero attached hydrogens (tertiary/aromatic N) is 4. The van der Waals surface area contributed by atoms with Crippen molar-refractivity contribution in [3.05, 3.63) is 77.0 Å². The lowest BCUT2D eigenvalue weighted by atomic mass is 10.0. The maximum Gasteiger partial charge on any atom is 0.227 e. The topological polar surface area (TPSA) is 32.3 Å². The zero-order valence-electron chi connectivity index (χ0n) is 16.0. The van der Waals surface area contributed by atoms with E-state index in [9.17, 15) is 0 Å². The minimum absolute atomic E-state index is 0. The van der Waals surface area contributed by atoms with E-state index in [1.54, 1.807) is 0 Å². The van der Waals surface area contributed by atoms with E-state index in [1.165, 1.54) is 11.1 Å². The van der Waals surface area contributed by atoms with Crippen LogP contribution in [-0.2, 0) is 13.0 Å². The number of aryl methyl sites for hydroxylation is 1. The minimum atomic E-state index is 0. The molecule has 0 amide bonds. The molecule has 4 nitrogen and oxygen atoms in total. The fourth-order valence-corrected chi connectivity index (χ4v) is 3.51. The average molecular weight is 381 g/mol. The third-order valence-corrected chi connectivity index (χ3v) is 5.23. The monoisotopic (exact) mass is 380 g/mol. The van der Waals surface area contributed by atoms with Gasteiger partial charge in [-0.2, -0.15) is 4.98 Å². The fourth-order valence-electron chi connectivity index (χ4n) is 3.51. The van der Waals surface area contributed by atoms with Crippen molar-refractivity contribution in [2.45, 2.75) is 26.8 Å². The molecule has 0 fully saturated rings. The van der Waals surface area contributed by atoms with Gasteiger partial charge in [-0.3, -0.25) is 0 Å². The Hall–Kier alpha value is -2.59. The Balaban J connectivity index is 0.00000210. The summed E-state index contributed by atoms with van der Waals surface area (Å²) in [5, 5.41) is 0. The molecule has 1 aromatic heterocycles. The molecule has 0 spiro atoms. The molecule has 0 radical (unpaired) electrons. The number of fused-ring (bicyclic) bond motifs is 1. The minimum Gasteiger partial charge on any atom is -0.336 e. The SMILES string of the molecule is Cc1nc(N2CCc3ccccc3C2)nc(N(C)c2ccccc2)c1C.Cl. The number of rotatable bonds is 3. The largest absolute Gasteiger partial charge is 0.336 e. The van der Waals surface area contributed by atoms with Crippen LogP contribution in [0.1, 0.15) is 22.4 Å². The highest BCUT2D eigenvalue weighted by Gasteiger charge is 2.21. The quantitative estimate of drug-likeness (QED) is 0.650. The molecule has 140 valence electrons. The second-order valence-corrected chi connectivity index (χ2v) is 6.89. The van der Waals surface area contributed by atoms with Crippen LogP contribution in [0.3, 0.4) is 0 Å². The fraction of sp³-hybridized carbons (Fsp3) is 0.273. The molecule has 1 aliphatic heterocycles. The van der Waals surface area contributed by atoms with Crippen molar-refractivity contribution in [1.29, 1.82) is 0 Å². The molecule has 0 saturated heterocycles. The van der Waals surface area contributed by atoms with E-state index in [-0.39, 0.29) is 12.4 Å². The van der Waals surface area contributed by atoms with Gasteiger partial charge in [-0.05, 0) is 43.5 Å². The average Bonchev–Trinajstić information content (AvgIpc) is 2.69. The van der Waals surface area contributed by atoms with Crippen LogP contribution in [0.15, 0.2) is 54.6 Å². The summed E-state index contributed by atoms with van der Waals surface area (Å²) < 4.78 is 0. The molecule has 0 aliphatic carbocycles. The summed E-state index contributed by atoms with van der Waals surface area (Å²) in [6.45, 7) is 5.99. The van der Waals surface area contributed by atoms with E-state index < -0.39 is 0 Å². The van der Waals surface area contributed by atoms with Crippen molar-refractivity contribution in [2.75, 3.05) is 23.4 Å². The first-order chi connectivity index (χ1) is 12.6. The van der Waals surface area contributed by atoms with E-state index in [0.29, 0.717) is 0 Å². The summed E-state index contributed by atoms with van der Waals surface area (Å²) in [5.41, 5.74) is 6.10. The normalized spacial score (nSPS) is 12.9. The molecule has 1 aliphatic rings. The van der Waals surface area contributed by atoms with E-state index in [4.69, 9.17) is 9.97 Å². The van der Waals surface area contributed by atoms with Crippen molar-refractivity contribution < 1.29 is 0 Å². The molecule has 27 heavy (non-hydrogen) atoms. The van der Waals surface area contributed by atoms with Crippen molar-refractivity contribution in [2.24, 2.45) is 0 Å². The van der Waals surface area contributed by atoms with Crippen molar-refractivity contribution in [1.82, 2.24) is 9.97 Å². The van der Waals surface area contributed by atoms with Gasteiger partial charge in [-0.15, -0.1) is 12.4 Å². The first-order valence-corrected chi connectivity index (χ1v) is 9.09. The standard InChI is InChI=1S/C22H24N4.ClH/c1-16-17(2)23-22(24-21(16)25(3)20-11-5-4-6-12-20)26-14-13-18-9-7-8-10-19(18)15-26;/h4-12H,13-15H2,1-3H3;1H. The van der Waals surface area contributed by atoms with Crippen LogP contribution in [-0.4, -0.2) is 23.6 Å². The van der Waals surface area contributed by atoms with Crippen molar-refractivity contribution in [3.8, 4) is 0 Å². The van der Waals surface area contributed by atoms with E-state index in [0.717, 1.165) is 48.2 Å². The van der Waals surface area contributed by atoms with Gasteiger partial charge in [0.05, 0.1) is 0 Å². The Bertz CT molecular complexity index is 927. The lowest BCUT2D eigenvalue weighted by Crippen LogP contribution is -2.32. The summed E-state index contributed by atoms with van der Waals surface area (Å²) in [6.07, 6.45) is 1.04. The van der Waals surface area contributed by atoms with Gasteiger partial charge in [-0.25, -0.2) is 4.98 Å². The molecule has 2 aromatic carbocycles. The van der Waals surface area contributed by atoms with Gasteiger partial charge >= 0.3 is 0 Å². The highest BCUT2D eigenvalue weighted by Crippen LogP contribution is 2.29. The van der Waals surface area contributed by atoms with E-state index in [1.807, 2.05) is 6.07 Å². The number of hydrogen-bond acceptors (Lipinski definition) is 4. The van der Waals surface area contributed by atoms with Gasteiger partial charge in [-0.1, -0.05) is 42.5 Å². The Labute approximate surface area is 167 Å². The molecule has 0 unspecified atom stereocenters. The van der Waals surface area contributed by atoms with Crippen LogP contribution in [0.2, 0.25) is 0 Å². The molecular weight excluding hydrogens is 356 g/mol. The second kappa shape index (κ2) is 7.97. The summed E-state index contributed by atoms with van der Waals surface area (Å²) in [5.74, 6) is 1.79. The van der Waals surface area contributed by atoms with Crippen molar-refractivity contribution >= 4 is 29.9 Å². The molecule has 0 saturated carbocycles. The van der Waals surface area contributed by atoms with Crippen LogP contribution in [0.25, 0.3) is 0 Å². The highest BCUT2D eigenvalue weighted by atomic mass is 35.5. The summed E-state index contributed by atoms with van der Waals surface area (Å²) in [6, 6.07) is 19.0. The number of hydrogen-bond donors (Lipinski definition) is 0. The first-order valence-electron chi connectivity index (χ1n) is 9.09. The summed E-state index contributed by atoms with van der Waals surface area (Å²) >= 11 is 0. The number of halogens is 1. The Morgan fingerprint density at radius 1 is 0.889 bits per heavy atom. The third kappa shape index (κ3) is 3.76. The van der Waals surface area contributed by atoms with Crippen LogP contribution >= 0.6 is 12.4 Å². The van der Waals surface area contributed by atoms with Crippen LogP contribution in [0.5, 0.6) is 0 Å². The lowest BCUT2D eigenvalue weighted by Gasteiger charge is -2.30. The van der Waals surface area contributed by atoms with Gasteiger partial charge in [0.25, 0.3) is 0 Å². The maximum atomic E-state index is 4.95. The predicted molar refractivity (Wildman–Crippen MR) is 114 cm³/mol. The zero-order chi connectivity index (χ0) is 18.1. The van der Waals surface area contributed by atoms with Gasteiger partial charge < -0.3 is 9.80 Å². The first kappa shape index (κ1) is 19.2. The Morgan fingerprint density at radius 3 is 2.30 bits per heavy atom. The highest BCUT2D eigenvalue weighted by molar-refractivity contribution is 5.85. The Morgan fingerprint density at radius 2 is 1.56 bits per heavy atom. The second-order valence-electron chi connectivity index (χ2n) is 6.89. The molecule has 0 bridgehead atoms. The molecular formula is C22H25ClN4. The summed E-state index contributed by atoms with van der Waals surface area (Å²) in [4.78, 5) is 14.2. The van der Waals surface area contributed by atoms with Crippen LogP contribution in [0.4, 0.5) is 17.5 Å². The molecule has 0 atom stereocenters. The molecule has 0 N–H and O–H groups in total. The van der Waals surface area contributed by atoms with Gasteiger partial charge in [0.15, 0.2) is 0 Å². The number of para-hydroxylation sites is 1. The van der Waals surface area contributed by atoms with Crippen molar-refractivity contribution in [3.63, 3.8) is 0 Å². The maximum absolute atomic E-state index is 4.95. The predicted octanol–water partition coefficient (Wildman–Crippen LogP) is 4.85.